The van der Waals surface area contributed by atoms with Gasteiger partial charge in [0.2, 0.25) is 0 Å². The number of nitrogens with one attached hydrogen (secondary N) is 1. The molecule has 0 saturated heterocycles. The van der Waals surface area contributed by atoms with Gasteiger partial charge in [-0.3, -0.25) is 14.3 Å². The first-order valence-electron chi connectivity index (χ1n) is 10.7. The third-order valence-electron chi connectivity index (χ3n) is 5.49. The molecule has 184 valence electrons. The van der Waals surface area contributed by atoms with Crippen LogP contribution in [0.3, 0.4) is 0 Å². The van der Waals surface area contributed by atoms with Crippen LogP contribution >= 0.6 is 0 Å². The summed E-state index contributed by atoms with van der Waals surface area (Å²) in [5.41, 5.74) is 0.356. The van der Waals surface area contributed by atoms with Gasteiger partial charge in [-0.1, -0.05) is 6.07 Å². The average Bonchev–Trinajstić information content (AvgIpc) is 3.17. The van der Waals surface area contributed by atoms with Gasteiger partial charge < -0.3 is 23.9 Å². The minimum absolute atomic E-state index is 0.0232. The van der Waals surface area contributed by atoms with Gasteiger partial charge in [0.15, 0.2) is 34.2 Å². The quantitative estimate of drug-likeness (QED) is 0.393. The highest BCUT2D eigenvalue weighted by atomic mass is 19.1. The molecule has 2 aromatic carbocycles. The van der Waals surface area contributed by atoms with Crippen LogP contribution in [0.4, 0.5) is 4.39 Å². The van der Waals surface area contributed by atoms with Crippen LogP contribution in [0.25, 0.3) is 22.6 Å². The largest absolute Gasteiger partial charge is 0.494 e. The van der Waals surface area contributed by atoms with Crippen molar-refractivity contribution in [1.82, 2.24) is 19.1 Å². The zero-order valence-electron chi connectivity index (χ0n) is 19.7. The van der Waals surface area contributed by atoms with Crippen molar-refractivity contribution in [2.24, 2.45) is 7.05 Å². The van der Waals surface area contributed by atoms with Gasteiger partial charge in [0.1, 0.15) is 12.4 Å². The number of aryl methyl sites for hydroxylation is 1. The van der Waals surface area contributed by atoms with Gasteiger partial charge in [0.05, 0.1) is 26.9 Å². The highest BCUT2D eigenvalue weighted by Crippen LogP contribution is 2.33. The summed E-state index contributed by atoms with van der Waals surface area (Å²) in [5, 5.41) is 9.78. The Morgan fingerprint density at radius 2 is 1.80 bits per heavy atom. The summed E-state index contributed by atoms with van der Waals surface area (Å²) in [6, 6.07) is 9.67. The second-order valence-electron chi connectivity index (χ2n) is 8.01. The van der Waals surface area contributed by atoms with Crippen molar-refractivity contribution in [3.05, 3.63) is 68.6 Å². The maximum Gasteiger partial charge on any atom is 0.330 e. The Hall–Kier alpha value is -4.12. The van der Waals surface area contributed by atoms with Crippen LogP contribution in [0, 0.1) is 5.82 Å². The lowest BCUT2D eigenvalue weighted by Crippen LogP contribution is -2.33. The number of hydrogen-bond acceptors (Lipinski definition) is 7. The zero-order valence-corrected chi connectivity index (χ0v) is 19.7. The molecule has 0 aliphatic carbocycles. The van der Waals surface area contributed by atoms with Gasteiger partial charge in [0, 0.05) is 12.6 Å². The summed E-state index contributed by atoms with van der Waals surface area (Å²) in [6.07, 6.45) is -0.817. The van der Waals surface area contributed by atoms with E-state index in [0.717, 1.165) is 0 Å². The van der Waals surface area contributed by atoms with E-state index in [1.165, 1.54) is 37.8 Å². The number of aromatic nitrogens is 4. The van der Waals surface area contributed by atoms with Crippen LogP contribution in [0.1, 0.15) is 12.5 Å². The monoisotopic (exact) mass is 484 g/mol. The molecule has 2 N–H and O–H groups in total. The molecule has 1 unspecified atom stereocenters. The molecule has 1 atom stereocenters. The molecule has 11 heteroatoms. The summed E-state index contributed by atoms with van der Waals surface area (Å²) in [7, 11) is 4.54. The zero-order chi connectivity index (χ0) is 25.3. The van der Waals surface area contributed by atoms with Gasteiger partial charge in [-0.2, -0.15) is 0 Å². The van der Waals surface area contributed by atoms with Gasteiger partial charge in [-0.05, 0) is 42.8 Å². The van der Waals surface area contributed by atoms with E-state index in [4.69, 9.17) is 14.2 Å². The Morgan fingerprint density at radius 1 is 1.09 bits per heavy atom. The summed E-state index contributed by atoms with van der Waals surface area (Å²) in [4.78, 5) is 31.6. The van der Waals surface area contributed by atoms with E-state index in [0.29, 0.717) is 28.5 Å². The normalized spacial score (nSPS) is 12.1. The van der Waals surface area contributed by atoms with Crippen LogP contribution < -0.4 is 25.5 Å². The van der Waals surface area contributed by atoms with E-state index in [1.807, 2.05) is 0 Å². The molecule has 0 radical (unpaired) electrons. The molecule has 0 aliphatic rings. The van der Waals surface area contributed by atoms with Crippen molar-refractivity contribution in [2.45, 2.75) is 26.2 Å². The molecular formula is C24H25FN4O6. The molecule has 0 aliphatic heterocycles. The first-order chi connectivity index (χ1) is 16.7. The molecule has 10 nitrogen and oxygen atoms in total. The molecular weight excluding hydrogens is 459 g/mol. The minimum atomic E-state index is -0.817. The van der Waals surface area contributed by atoms with Crippen molar-refractivity contribution in [2.75, 3.05) is 14.2 Å². The smallest absolute Gasteiger partial charge is 0.330 e. The molecule has 35 heavy (non-hydrogen) atoms. The number of nitrogens with zero attached hydrogens (tertiary/aromatic N) is 3. The fraction of sp³-hybridized carbons (Fsp3) is 0.292. The van der Waals surface area contributed by atoms with Crippen molar-refractivity contribution in [3.63, 3.8) is 0 Å². The summed E-state index contributed by atoms with van der Waals surface area (Å²) in [5.74, 6) is 0.907. The van der Waals surface area contributed by atoms with Crippen molar-refractivity contribution in [3.8, 4) is 28.6 Å². The molecule has 4 aromatic rings. The lowest BCUT2D eigenvalue weighted by atomic mass is 10.2. The minimum Gasteiger partial charge on any atom is -0.494 e. The molecule has 2 heterocycles. The topological polar surface area (TPSA) is 121 Å². The van der Waals surface area contributed by atoms with E-state index in [2.05, 4.69) is 9.97 Å². The predicted octanol–water partition coefficient (Wildman–Crippen LogP) is 2.21. The Labute approximate surface area is 199 Å². The SMILES string of the molecule is COc1ccc(COc2ccc(-c3nc4c(c(=O)[nH]c(=O)n4CC(C)O)n3C)cc2OC)cc1F. The Balaban J connectivity index is 1.69. The highest BCUT2D eigenvalue weighted by Gasteiger charge is 2.19. The van der Waals surface area contributed by atoms with Gasteiger partial charge in [0.25, 0.3) is 5.56 Å². The number of rotatable bonds is 8. The van der Waals surface area contributed by atoms with E-state index < -0.39 is 23.2 Å². The number of aliphatic hydroxyl groups excluding tert-OH is 1. The first kappa shape index (κ1) is 24.0. The number of imidazole rings is 1. The van der Waals surface area contributed by atoms with E-state index >= 15 is 0 Å². The third-order valence-corrected chi connectivity index (χ3v) is 5.49. The van der Waals surface area contributed by atoms with Crippen LogP contribution in [0.15, 0.2) is 46.0 Å². The second-order valence-corrected chi connectivity index (χ2v) is 8.01. The van der Waals surface area contributed by atoms with Gasteiger partial charge in [-0.15, -0.1) is 0 Å². The summed E-state index contributed by atoms with van der Waals surface area (Å²) >= 11 is 0. The van der Waals surface area contributed by atoms with Crippen molar-refractivity contribution in [1.29, 1.82) is 0 Å². The lowest BCUT2D eigenvalue weighted by molar-refractivity contribution is 0.173. The number of H-pyrrole nitrogens is 1. The lowest BCUT2D eigenvalue weighted by Gasteiger charge is -2.13. The van der Waals surface area contributed by atoms with Crippen molar-refractivity contribution >= 4 is 11.2 Å². The van der Waals surface area contributed by atoms with E-state index in [-0.39, 0.29) is 30.1 Å². The number of hydrogen-bond donors (Lipinski definition) is 2. The number of halogens is 1. The number of methoxy groups -OCH3 is 2. The highest BCUT2D eigenvalue weighted by molar-refractivity contribution is 5.77. The maximum atomic E-state index is 14.0. The molecule has 0 bridgehead atoms. The maximum absolute atomic E-state index is 14.0. The predicted molar refractivity (Wildman–Crippen MR) is 127 cm³/mol. The fourth-order valence-electron chi connectivity index (χ4n) is 3.82. The van der Waals surface area contributed by atoms with Crippen LogP contribution in [0.2, 0.25) is 0 Å². The van der Waals surface area contributed by atoms with Gasteiger partial charge in [-0.25, -0.2) is 14.2 Å². The third kappa shape index (κ3) is 4.62. The fourth-order valence-corrected chi connectivity index (χ4v) is 3.82. The molecule has 0 spiro atoms. The van der Waals surface area contributed by atoms with Crippen molar-refractivity contribution < 1.29 is 23.7 Å². The number of aromatic amines is 1. The molecule has 4 rings (SSSR count). The number of ether oxygens (including phenoxy) is 3. The van der Waals surface area contributed by atoms with Crippen LogP contribution in [-0.2, 0) is 20.2 Å². The number of benzene rings is 2. The number of aliphatic hydroxyl groups is 1. The van der Waals surface area contributed by atoms with E-state index in [9.17, 15) is 19.1 Å². The standard InChI is InChI=1S/C24H25FN4O6/c1-13(30)11-29-22-20(23(31)27-24(29)32)28(2)21(26-22)15-6-8-18(19(10-15)34-4)35-12-14-5-7-17(33-3)16(25)9-14/h5-10,13,30H,11-12H2,1-4H3,(H,27,31,32). The Morgan fingerprint density at radius 3 is 2.46 bits per heavy atom. The number of fused-ring (bicyclic) bond motifs is 1. The summed E-state index contributed by atoms with van der Waals surface area (Å²) in [6.45, 7) is 1.62. The van der Waals surface area contributed by atoms with Crippen LogP contribution in [0.5, 0.6) is 17.2 Å². The van der Waals surface area contributed by atoms with Crippen LogP contribution in [-0.4, -0.2) is 44.5 Å². The van der Waals surface area contributed by atoms with Gasteiger partial charge >= 0.3 is 5.69 Å². The second kappa shape index (κ2) is 9.63. The first-order valence-corrected chi connectivity index (χ1v) is 10.7. The Bertz CT molecular complexity index is 1500. The molecule has 0 fully saturated rings. The Kier molecular flexibility index (Phi) is 6.61. The summed E-state index contributed by atoms with van der Waals surface area (Å²) < 4.78 is 33.0. The van der Waals surface area contributed by atoms with E-state index in [1.54, 1.807) is 35.9 Å². The molecule has 0 amide bonds. The average molecular weight is 484 g/mol. The molecule has 0 saturated carbocycles. The molecule has 2 aromatic heterocycles.